The van der Waals surface area contributed by atoms with Crippen molar-refractivity contribution in [2.75, 3.05) is 13.1 Å². The van der Waals surface area contributed by atoms with Crippen LogP contribution in [-0.2, 0) is 5.60 Å². The third-order valence-electron chi connectivity index (χ3n) is 3.10. The van der Waals surface area contributed by atoms with Gasteiger partial charge in [-0.05, 0) is 5.56 Å². The number of benzene rings is 1. The minimum Gasteiger partial charge on any atom is -0.468 e. The molecule has 0 radical (unpaired) electrons. The number of nitrogens with one attached hydrogen (secondary N) is 1. The maximum atomic E-state index is 10.4. The fourth-order valence-electron chi connectivity index (χ4n) is 2.05. The molecule has 2 heteroatoms. The van der Waals surface area contributed by atoms with Gasteiger partial charge >= 0.3 is 0 Å². The lowest BCUT2D eigenvalue weighted by atomic mass is 9.85. The Kier molecular flexibility index (Phi) is 2.57. The second-order valence-corrected chi connectivity index (χ2v) is 4.15. The number of quaternary nitrogens is 1. The summed E-state index contributed by atoms with van der Waals surface area (Å²) in [5.41, 5.74) is 0.440. The largest absolute Gasteiger partial charge is 0.468 e. The van der Waals surface area contributed by atoms with Crippen molar-refractivity contribution >= 4 is 0 Å². The highest BCUT2D eigenvalue weighted by atomic mass is 16.3. The Morgan fingerprint density at radius 2 is 1.71 bits per heavy atom. The molecule has 0 bridgehead atoms. The van der Waals surface area contributed by atoms with E-state index in [9.17, 15) is 5.11 Å². The van der Waals surface area contributed by atoms with Crippen molar-refractivity contribution in [2.45, 2.75) is 18.4 Å². The van der Waals surface area contributed by atoms with Gasteiger partial charge in [0.05, 0.1) is 13.1 Å². The van der Waals surface area contributed by atoms with Gasteiger partial charge in [0.2, 0.25) is 0 Å². The first-order chi connectivity index (χ1) is 6.71. The molecule has 0 unspecified atom stereocenters. The normalized spacial score (nSPS) is 32.9. The van der Waals surface area contributed by atoms with Gasteiger partial charge in [-0.3, -0.25) is 0 Å². The molecule has 1 fully saturated rings. The molecule has 14 heavy (non-hydrogen) atoms. The number of piperidine rings is 1. The Hall–Kier alpha value is -0.860. The fraction of sp³-hybridized carbons (Fsp3) is 0.417. The second-order valence-electron chi connectivity index (χ2n) is 4.15. The molecular formula is C12H17NO. The van der Waals surface area contributed by atoms with Gasteiger partial charge in [0, 0.05) is 12.8 Å². The lowest BCUT2D eigenvalue weighted by Gasteiger charge is -2.37. The number of hydrogen-bond acceptors (Lipinski definition) is 1. The molecule has 1 aliphatic heterocycles. The molecule has 0 amide bonds. The van der Waals surface area contributed by atoms with Crippen molar-refractivity contribution in [3.05, 3.63) is 42.9 Å². The van der Waals surface area contributed by atoms with Gasteiger partial charge in [0.1, 0.15) is 5.60 Å². The van der Waals surface area contributed by atoms with Crippen LogP contribution < -0.4 is 4.90 Å². The average Bonchev–Trinajstić information content (AvgIpc) is 2.24. The molecule has 0 aliphatic carbocycles. The van der Waals surface area contributed by atoms with Crippen LogP contribution in [0.4, 0.5) is 0 Å². The van der Waals surface area contributed by atoms with Crippen molar-refractivity contribution < 1.29 is 10.0 Å². The SMILES string of the molecule is [CH2-][NH+]1CCC(O)(c2ccccc2)CC1. The van der Waals surface area contributed by atoms with Crippen molar-refractivity contribution in [3.8, 4) is 0 Å². The first kappa shape index (κ1) is 9.69. The van der Waals surface area contributed by atoms with Crippen LogP contribution in [0.15, 0.2) is 30.3 Å². The number of hydrogen-bond donors (Lipinski definition) is 2. The van der Waals surface area contributed by atoms with Gasteiger partial charge in [-0.2, -0.15) is 7.05 Å². The first-order valence-corrected chi connectivity index (χ1v) is 5.15. The van der Waals surface area contributed by atoms with Gasteiger partial charge in [0.25, 0.3) is 0 Å². The van der Waals surface area contributed by atoms with E-state index in [2.05, 4.69) is 7.05 Å². The highest BCUT2D eigenvalue weighted by Gasteiger charge is 2.33. The van der Waals surface area contributed by atoms with E-state index in [1.165, 1.54) is 4.90 Å². The average molecular weight is 191 g/mol. The van der Waals surface area contributed by atoms with E-state index in [4.69, 9.17) is 0 Å². The summed E-state index contributed by atoms with van der Waals surface area (Å²) in [6.45, 7) is 1.90. The highest BCUT2D eigenvalue weighted by Crippen LogP contribution is 2.28. The Morgan fingerprint density at radius 3 is 2.29 bits per heavy atom. The number of aliphatic hydroxyl groups is 1. The first-order valence-electron chi connectivity index (χ1n) is 5.15. The summed E-state index contributed by atoms with van der Waals surface area (Å²) in [4.78, 5) is 1.27. The monoisotopic (exact) mass is 191 g/mol. The third-order valence-corrected chi connectivity index (χ3v) is 3.10. The second kappa shape index (κ2) is 3.71. The van der Waals surface area contributed by atoms with E-state index in [1.54, 1.807) is 0 Å². The van der Waals surface area contributed by atoms with Crippen LogP contribution in [0.2, 0.25) is 0 Å². The van der Waals surface area contributed by atoms with Crippen molar-refractivity contribution in [1.29, 1.82) is 0 Å². The maximum absolute atomic E-state index is 10.4. The molecule has 0 spiro atoms. The smallest absolute Gasteiger partial charge is 0.100 e. The van der Waals surface area contributed by atoms with Crippen molar-refractivity contribution in [3.63, 3.8) is 0 Å². The molecular weight excluding hydrogens is 174 g/mol. The summed E-state index contributed by atoms with van der Waals surface area (Å²) in [5, 5.41) is 10.4. The molecule has 0 saturated carbocycles. The van der Waals surface area contributed by atoms with E-state index in [0.717, 1.165) is 31.5 Å². The van der Waals surface area contributed by atoms with E-state index in [1.807, 2.05) is 30.3 Å². The predicted molar refractivity (Wildman–Crippen MR) is 55.6 cm³/mol. The van der Waals surface area contributed by atoms with Gasteiger partial charge in [-0.25, -0.2) is 0 Å². The summed E-state index contributed by atoms with van der Waals surface area (Å²) >= 11 is 0. The molecule has 76 valence electrons. The summed E-state index contributed by atoms with van der Waals surface area (Å²) in [6.07, 6.45) is 1.63. The zero-order valence-electron chi connectivity index (χ0n) is 8.37. The standard InChI is InChI=1S/C12H17NO/c1-13-9-7-12(14,8-10-13)11-5-3-2-4-6-11/h2-6,13-14H,1,7-10H2. The quantitative estimate of drug-likeness (QED) is 0.615. The van der Waals surface area contributed by atoms with Crippen molar-refractivity contribution in [1.82, 2.24) is 0 Å². The molecule has 2 nitrogen and oxygen atoms in total. The summed E-state index contributed by atoms with van der Waals surface area (Å²) in [7, 11) is 3.96. The molecule has 0 atom stereocenters. The summed E-state index contributed by atoms with van der Waals surface area (Å²) in [5.74, 6) is 0. The van der Waals surface area contributed by atoms with Gasteiger partial charge in [-0.1, -0.05) is 30.3 Å². The van der Waals surface area contributed by atoms with Crippen LogP contribution in [0.25, 0.3) is 0 Å². The number of rotatable bonds is 1. The maximum Gasteiger partial charge on any atom is 0.100 e. The zero-order valence-corrected chi connectivity index (χ0v) is 8.37. The van der Waals surface area contributed by atoms with Crippen LogP contribution in [0.3, 0.4) is 0 Å². The van der Waals surface area contributed by atoms with Crippen LogP contribution in [-0.4, -0.2) is 18.2 Å². The van der Waals surface area contributed by atoms with Gasteiger partial charge in [0.15, 0.2) is 0 Å². The topological polar surface area (TPSA) is 24.7 Å². The highest BCUT2D eigenvalue weighted by molar-refractivity contribution is 5.22. The molecule has 1 heterocycles. The number of likely N-dealkylation sites (tertiary alicyclic amines) is 1. The minimum atomic E-state index is -0.609. The lowest BCUT2D eigenvalue weighted by Crippen LogP contribution is -3.08. The van der Waals surface area contributed by atoms with Crippen LogP contribution in [0.5, 0.6) is 0 Å². The summed E-state index contributed by atoms with van der Waals surface area (Å²) in [6, 6.07) is 9.96. The van der Waals surface area contributed by atoms with Crippen LogP contribution in [0, 0.1) is 7.05 Å². The Bertz CT molecular complexity index is 288. The van der Waals surface area contributed by atoms with E-state index in [0.29, 0.717) is 0 Å². The molecule has 2 rings (SSSR count). The molecule has 1 aromatic carbocycles. The molecule has 1 aromatic rings. The fourth-order valence-corrected chi connectivity index (χ4v) is 2.05. The molecule has 0 aromatic heterocycles. The van der Waals surface area contributed by atoms with Crippen molar-refractivity contribution in [2.24, 2.45) is 0 Å². The van der Waals surface area contributed by atoms with E-state index >= 15 is 0 Å². The Morgan fingerprint density at radius 1 is 1.14 bits per heavy atom. The Balaban J connectivity index is 2.17. The van der Waals surface area contributed by atoms with E-state index < -0.39 is 5.60 Å². The Labute approximate surface area is 85.2 Å². The lowest BCUT2D eigenvalue weighted by molar-refractivity contribution is -0.862. The van der Waals surface area contributed by atoms with E-state index in [-0.39, 0.29) is 0 Å². The van der Waals surface area contributed by atoms with Gasteiger partial charge < -0.3 is 10.0 Å². The van der Waals surface area contributed by atoms with Gasteiger partial charge in [-0.15, -0.1) is 0 Å². The predicted octanol–water partition coefficient (Wildman–Crippen LogP) is 0.344. The molecule has 1 aliphatic rings. The third kappa shape index (κ3) is 1.81. The minimum absolute atomic E-state index is 0.609. The molecule has 2 N–H and O–H groups in total. The summed E-state index contributed by atoms with van der Waals surface area (Å²) < 4.78 is 0. The molecule has 1 saturated heterocycles. The van der Waals surface area contributed by atoms with Crippen LogP contribution >= 0.6 is 0 Å². The van der Waals surface area contributed by atoms with Crippen LogP contribution in [0.1, 0.15) is 18.4 Å². The zero-order chi connectivity index (χ0) is 10.0.